The van der Waals surface area contributed by atoms with Gasteiger partial charge in [-0.25, -0.2) is 0 Å². The second-order valence-corrected chi connectivity index (χ2v) is 36.5. The maximum atomic E-state index is 6.17. The fourth-order valence-electron chi connectivity index (χ4n) is 21.8. The molecule has 8 heterocycles. The van der Waals surface area contributed by atoms with Gasteiger partial charge in [-0.1, -0.05) is 261 Å². The predicted octanol–water partition coefficient (Wildman–Crippen LogP) is 33.7. The number of benzene rings is 21. The summed E-state index contributed by atoms with van der Waals surface area (Å²) in [5.74, 6) is 1.99. The van der Waals surface area contributed by atoms with Crippen LogP contribution in [-0.4, -0.2) is 47.8 Å². The van der Waals surface area contributed by atoms with Crippen LogP contribution in [0.4, 0.5) is 0 Å². The third kappa shape index (κ3) is 13.6. The zero-order chi connectivity index (χ0) is 93.4. The molecule has 0 saturated carbocycles. The Morgan fingerprint density at radius 2 is 0.275 bits per heavy atom. The normalized spacial score (nSPS) is 11.8. The second-order valence-electron chi connectivity index (χ2n) is 36.5. The van der Waals surface area contributed by atoms with Crippen LogP contribution in [0.1, 0.15) is 0 Å². The van der Waals surface area contributed by atoms with E-state index in [4.69, 9.17) is 8.83 Å². The Labute approximate surface area is 814 Å². The van der Waals surface area contributed by atoms with Crippen LogP contribution in [0.2, 0.25) is 0 Å². The largest absolute Gasteiger partial charge is 0.416 e. The lowest BCUT2D eigenvalue weighted by atomic mass is 9.98. The van der Waals surface area contributed by atoms with Crippen molar-refractivity contribution in [2.75, 3.05) is 0 Å². The van der Waals surface area contributed by atoms with Crippen LogP contribution >= 0.6 is 0 Å². The lowest BCUT2D eigenvalue weighted by molar-refractivity contribution is 0.584. The molecule has 12 nitrogen and oxygen atoms in total. The van der Waals surface area contributed by atoms with Gasteiger partial charge in [-0.05, 0) is 292 Å². The van der Waals surface area contributed by atoms with Crippen LogP contribution in [0, 0.1) is 0 Å². The molecule has 0 aliphatic rings. The van der Waals surface area contributed by atoms with Crippen molar-refractivity contribution >= 4 is 131 Å². The molecule has 21 aromatic carbocycles. The van der Waals surface area contributed by atoms with Crippen LogP contribution in [-0.2, 0) is 0 Å². The topological polar surface area (TPSA) is 107 Å². The van der Waals surface area contributed by atoms with Crippen LogP contribution in [0.15, 0.2) is 506 Å². The molecule has 0 radical (unpaired) electrons. The van der Waals surface area contributed by atoms with E-state index >= 15 is 0 Å². The van der Waals surface area contributed by atoms with Crippen LogP contribution in [0.3, 0.4) is 0 Å². The standard InChI is InChI=1S/C74H47N5O.C56H35N5O/c1-6-16-48(17-7-1)53-28-36-67-61(42-53)63-45-56(31-39-68(63)78(67)59-33-26-52(27-34-59)74-76-75-73(80-74)51-22-12-4-13-23-51)57-32-40-71-64(46-57)62-43-54(49-18-8-2-9-19-49)30-38-70(62)79(71)60-35-41-72-66(47-60)65-44-55(50-20-10-3-11-21-50)29-37-69(65)77(72)58-24-14-5-15-25-58;1-3-13-36(14-4-1)55-57-58-56(62-55)37-23-27-41(28-24-37)60-49-20-10-7-17-43(49)46-33-38(25-30-52(46)60)39-26-31-53-47(34-39)44-18-8-12-22-51(44)61(53)42-29-32-54-48(35-42)45-19-9-11-21-50(45)59(54)40-15-5-2-6-16-40/h1-47H;1-35H. The first-order chi connectivity index (χ1) is 70.4. The lowest BCUT2D eigenvalue weighted by Gasteiger charge is -2.11. The average molecular weight is 1820 g/mol. The number of para-hydroxylation sites is 5. The summed E-state index contributed by atoms with van der Waals surface area (Å²) in [6.07, 6.45) is 0. The van der Waals surface area contributed by atoms with Crippen molar-refractivity contribution in [2.45, 2.75) is 0 Å². The Morgan fingerprint density at radius 1 is 0.113 bits per heavy atom. The number of hydrogen-bond donors (Lipinski definition) is 0. The quantitative estimate of drug-likeness (QED) is 0.101. The molecule has 0 N–H and O–H groups in total. The Kier molecular flexibility index (Phi) is 19.0. The highest BCUT2D eigenvalue weighted by Gasteiger charge is 2.26. The summed E-state index contributed by atoms with van der Waals surface area (Å²) in [6.45, 7) is 0. The van der Waals surface area contributed by atoms with E-state index in [-0.39, 0.29) is 0 Å². The Balaban J connectivity index is 0.000000143. The minimum absolute atomic E-state index is 0.483. The Hall–Kier alpha value is -19.3. The fraction of sp³-hybridized carbons (Fsp3) is 0. The first kappa shape index (κ1) is 81.1. The highest BCUT2D eigenvalue weighted by Crippen LogP contribution is 2.47. The molecule has 664 valence electrons. The van der Waals surface area contributed by atoms with Crippen molar-refractivity contribution in [2.24, 2.45) is 0 Å². The zero-order valence-electron chi connectivity index (χ0n) is 76.6. The highest BCUT2D eigenvalue weighted by atomic mass is 16.4. The maximum absolute atomic E-state index is 6.17. The van der Waals surface area contributed by atoms with Gasteiger partial charge in [0.25, 0.3) is 0 Å². The first-order valence-corrected chi connectivity index (χ1v) is 48.0. The van der Waals surface area contributed by atoms with Gasteiger partial charge in [0.2, 0.25) is 23.6 Å². The Bertz CT molecular complexity index is 10000. The van der Waals surface area contributed by atoms with Gasteiger partial charge >= 0.3 is 0 Å². The first-order valence-electron chi connectivity index (χ1n) is 48.0. The van der Waals surface area contributed by atoms with E-state index < -0.39 is 0 Å². The molecule has 142 heavy (non-hydrogen) atoms. The number of hydrogen-bond acceptors (Lipinski definition) is 6. The van der Waals surface area contributed by atoms with Gasteiger partial charge in [-0.3, -0.25) is 0 Å². The van der Waals surface area contributed by atoms with Crippen LogP contribution in [0.25, 0.3) is 266 Å². The van der Waals surface area contributed by atoms with Crippen molar-refractivity contribution < 1.29 is 8.83 Å². The van der Waals surface area contributed by atoms with Crippen molar-refractivity contribution in [3.63, 3.8) is 0 Å². The molecular formula is C130H82N10O2. The second kappa shape index (κ2) is 33.3. The van der Waals surface area contributed by atoms with E-state index in [1.165, 1.54) is 142 Å². The predicted molar refractivity (Wildman–Crippen MR) is 584 cm³/mol. The number of aromatic nitrogens is 10. The SMILES string of the molecule is c1ccc(-c2ccc3c(c2)c2cc(-c4ccc5c(c4)c4cc(-c6ccccc6)ccc4n5-c4ccc5c(c4)c4cc(-c6ccccc6)ccc4n5-c4ccccc4)ccc2n3-c2ccc(-c3nnc(-c4ccccc4)o3)cc2)cc1.c1ccc(-c2nnc(-c3ccc(-n4c5ccccc5c5cc(-c6ccc7c(c6)c6ccccc6n7-c6ccc7c(c6)c6ccccc6n7-c6ccccc6)ccc54)cc3)o2)cc1. The molecule has 0 saturated heterocycles. The highest BCUT2D eigenvalue weighted by molar-refractivity contribution is 6.18. The molecule has 12 heteroatoms. The molecule has 0 amide bonds. The van der Waals surface area contributed by atoms with Gasteiger partial charge < -0.3 is 36.2 Å². The van der Waals surface area contributed by atoms with Crippen LogP contribution < -0.4 is 0 Å². The van der Waals surface area contributed by atoms with E-state index in [0.717, 1.165) is 101 Å². The maximum Gasteiger partial charge on any atom is 0.248 e. The molecule has 0 unspecified atom stereocenters. The molecule has 8 aromatic heterocycles. The summed E-state index contributed by atoms with van der Waals surface area (Å²) in [5.41, 5.74) is 35.9. The minimum Gasteiger partial charge on any atom is -0.416 e. The third-order valence-electron chi connectivity index (χ3n) is 28.4. The lowest BCUT2D eigenvalue weighted by Crippen LogP contribution is -1.95. The van der Waals surface area contributed by atoms with Crippen LogP contribution in [0.5, 0.6) is 0 Å². The molecule has 0 fully saturated rings. The molecule has 0 bridgehead atoms. The van der Waals surface area contributed by atoms with E-state index in [0.29, 0.717) is 23.6 Å². The van der Waals surface area contributed by atoms with Crippen molar-refractivity contribution in [1.29, 1.82) is 0 Å². The van der Waals surface area contributed by atoms with Gasteiger partial charge in [0.1, 0.15) is 0 Å². The van der Waals surface area contributed by atoms with E-state index in [1.807, 2.05) is 60.7 Å². The number of fused-ring (bicyclic) bond motifs is 18. The summed E-state index contributed by atoms with van der Waals surface area (Å²) in [4.78, 5) is 0. The fourth-order valence-corrected chi connectivity index (χ4v) is 21.8. The molecule has 29 aromatic rings. The van der Waals surface area contributed by atoms with Crippen molar-refractivity contribution in [1.82, 2.24) is 47.8 Å². The summed E-state index contributed by atoms with van der Waals surface area (Å²) < 4.78 is 26.6. The molecule has 0 aliphatic carbocycles. The number of nitrogens with zero attached hydrogens (tertiary/aromatic N) is 10. The average Bonchev–Trinajstić information content (AvgIpc) is 1.56. The Morgan fingerprint density at radius 3 is 0.542 bits per heavy atom. The smallest absolute Gasteiger partial charge is 0.248 e. The van der Waals surface area contributed by atoms with Crippen molar-refractivity contribution in [3.05, 3.63) is 497 Å². The van der Waals surface area contributed by atoms with Gasteiger partial charge in [-0.15, -0.1) is 20.4 Å². The summed E-state index contributed by atoms with van der Waals surface area (Å²) in [5, 5.41) is 32.0. The minimum atomic E-state index is 0.483. The van der Waals surface area contributed by atoms with Crippen molar-refractivity contribution in [3.8, 4) is 136 Å². The van der Waals surface area contributed by atoms with Gasteiger partial charge in [0.05, 0.1) is 66.2 Å². The molecular weight excluding hydrogens is 1730 g/mol. The number of rotatable bonds is 15. The molecule has 0 spiro atoms. The summed E-state index contributed by atoms with van der Waals surface area (Å²) >= 11 is 0. The third-order valence-corrected chi connectivity index (χ3v) is 28.4. The zero-order valence-corrected chi connectivity index (χ0v) is 76.6. The molecule has 0 atom stereocenters. The monoisotopic (exact) mass is 1810 g/mol. The summed E-state index contributed by atoms with van der Waals surface area (Å²) in [6, 6.07) is 179. The summed E-state index contributed by atoms with van der Waals surface area (Å²) in [7, 11) is 0. The molecule has 0 aliphatic heterocycles. The van der Waals surface area contributed by atoms with E-state index in [1.54, 1.807) is 0 Å². The van der Waals surface area contributed by atoms with E-state index in [9.17, 15) is 0 Å². The van der Waals surface area contributed by atoms with E-state index in [2.05, 4.69) is 485 Å². The van der Waals surface area contributed by atoms with Gasteiger partial charge in [-0.2, -0.15) is 0 Å². The van der Waals surface area contributed by atoms with Gasteiger partial charge in [0, 0.05) is 121 Å². The molecule has 29 rings (SSSR count). The van der Waals surface area contributed by atoms with Gasteiger partial charge in [0.15, 0.2) is 0 Å².